The molecule has 0 aliphatic carbocycles. The first-order chi connectivity index (χ1) is 23.0. The molecule has 47 heavy (non-hydrogen) atoms. The summed E-state index contributed by atoms with van der Waals surface area (Å²) >= 11 is 0. The smallest absolute Gasteiger partial charge is 0.412 e. The highest BCUT2D eigenvalue weighted by molar-refractivity contribution is 5.95. The maximum Gasteiger partial charge on any atom is 0.412 e. The van der Waals surface area contributed by atoms with Gasteiger partial charge in [0.2, 0.25) is 6.79 Å². The molecule has 0 unspecified atom stereocenters. The summed E-state index contributed by atoms with van der Waals surface area (Å²) in [5.74, 6) is 1.11. The largest absolute Gasteiger partial charge is 0.454 e. The number of likely N-dealkylation sites (N-methyl/N-ethyl adjacent to an activating group) is 1. The third kappa shape index (κ3) is 8.03. The number of rotatable bonds is 11. The van der Waals surface area contributed by atoms with Gasteiger partial charge < -0.3 is 34.6 Å². The molecule has 0 saturated carbocycles. The monoisotopic (exact) mass is 635 g/mol. The fourth-order valence-electron chi connectivity index (χ4n) is 5.82. The van der Waals surface area contributed by atoms with Gasteiger partial charge in [0, 0.05) is 44.8 Å². The second kappa shape index (κ2) is 15.0. The Kier molecular flexibility index (Phi) is 10.2. The zero-order valence-electron chi connectivity index (χ0n) is 26.7. The highest BCUT2D eigenvalue weighted by atomic mass is 16.7. The third-order valence-corrected chi connectivity index (χ3v) is 8.46. The first-order valence-corrected chi connectivity index (χ1v) is 16.0. The number of fused-ring (bicyclic) bond motifs is 1. The Hall–Kier alpha value is -5.06. The second-order valence-electron chi connectivity index (χ2n) is 11.8. The van der Waals surface area contributed by atoms with Crippen molar-refractivity contribution in [3.63, 3.8) is 0 Å². The van der Waals surface area contributed by atoms with E-state index in [1.54, 1.807) is 18.2 Å². The molecule has 0 atom stereocenters. The van der Waals surface area contributed by atoms with Crippen LogP contribution < -0.4 is 25.4 Å². The van der Waals surface area contributed by atoms with Crippen LogP contribution in [-0.2, 0) is 17.9 Å². The lowest BCUT2D eigenvalue weighted by Crippen LogP contribution is -2.44. The van der Waals surface area contributed by atoms with E-state index < -0.39 is 6.09 Å². The Morgan fingerprint density at radius 1 is 0.851 bits per heavy atom. The number of piperazine rings is 1. The van der Waals surface area contributed by atoms with Crippen LogP contribution in [0.3, 0.4) is 0 Å². The van der Waals surface area contributed by atoms with Gasteiger partial charge in [-0.25, -0.2) is 4.79 Å². The van der Waals surface area contributed by atoms with Gasteiger partial charge >= 0.3 is 6.09 Å². The molecule has 4 aromatic carbocycles. The number of ether oxygens (including phenoxy) is 3. The van der Waals surface area contributed by atoms with Crippen LogP contribution in [0.1, 0.15) is 27.9 Å². The Morgan fingerprint density at radius 2 is 1.62 bits per heavy atom. The summed E-state index contributed by atoms with van der Waals surface area (Å²) in [6.45, 7) is 5.34. The van der Waals surface area contributed by atoms with Crippen molar-refractivity contribution >= 4 is 23.4 Å². The minimum Gasteiger partial charge on any atom is -0.454 e. The molecule has 2 aliphatic heterocycles. The summed E-state index contributed by atoms with van der Waals surface area (Å²) in [7, 11) is 2.12. The van der Waals surface area contributed by atoms with Gasteiger partial charge in [0.1, 0.15) is 6.61 Å². The van der Waals surface area contributed by atoms with Crippen LogP contribution >= 0.6 is 0 Å². The fourth-order valence-corrected chi connectivity index (χ4v) is 5.82. The fraction of sp³-hybridized carbons (Fsp3) is 0.297. The topological polar surface area (TPSA) is 110 Å². The van der Waals surface area contributed by atoms with Crippen molar-refractivity contribution in [2.75, 3.05) is 63.3 Å². The molecule has 4 aromatic rings. The molecule has 2 aliphatic rings. The molecule has 2 heterocycles. The molecular formula is C37H41N5O5. The summed E-state index contributed by atoms with van der Waals surface area (Å²) in [6, 6.07) is 29.2. The van der Waals surface area contributed by atoms with E-state index >= 15 is 0 Å². The lowest BCUT2D eigenvalue weighted by Gasteiger charge is -2.35. The minimum atomic E-state index is -0.507. The predicted molar refractivity (Wildman–Crippen MR) is 183 cm³/mol. The number of carbonyl (C=O) groups excluding carboxylic acids is 2. The number of nitrogens with two attached hydrogens (primary N) is 1. The average Bonchev–Trinajstić information content (AvgIpc) is 3.58. The minimum absolute atomic E-state index is 0.0980. The predicted octanol–water partition coefficient (Wildman–Crippen LogP) is 5.57. The van der Waals surface area contributed by atoms with Crippen molar-refractivity contribution in [1.29, 1.82) is 0 Å². The maximum absolute atomic E-state index is 13.6. The molecule has 10 heteroatoms. The summed E-state index contributed by atoms with van der Waals surface area (Å²) < 4.78 is 16.5. The molecule has 10 nitrogen and oxygen atoms in total. The number of hydrogen-bond acceptors (Lipinski definition) is 8. The highest BCUT2D eigenvalue weighted by Crippen LogP contribution is 2.34. The number of nitrogens with one attached hydrogen (secondary N) is 1. The Balaban J connectivity index is 1.23. The summed E-state index contributed by atoms with van der Waals surface area (Å²) in [5.41, 5.74) is 11.8. The van der Waals surface area contributed by atoms with Crippen LogP contribution in [0, 0.1) is 0 Å². The summed E-state index contributed by atoms with van der Waals surface area (Å²) in [5, 5.41) is 3.02. The molecule has 6 rings (SSSR count). The number of nitrogens with zero attached hydrogens (tertiary/aromatic N) is 3. The van der Waals surface area contributed by atoms with Gasteiger partial charge in [-0.1, -0.05) is 54.6 Å². The molecule has 0 radical (unpaired) electrons. The van der Waals surface area contributed by atoms with Crippen molar-refractivity contribution in [3.05, 3.63) is 108 Å². The van der Waals surface area contributed by atoms with E-state index in [2.05, 4.69) is 40.4 Å². The van der Waals surface area contributed by atoms with E-state index in [0.717, 1.165) is 54.1 Å². The SMILES string of the molecule is CN1CCN(c2ccc(-c3cccc(CN(CCCN)C(=O)c4ccc5c(c4)OCO5)c3)cc2NC(=O)OCc2ccccc2)CC1. The average molecular weight is 636 g/mol. The van der Waals surface area contributed by atoms with Crippen LogP contribution in [-0.4, -0.2) is 74.9 Å². The van der Waals surface area contributed by atoms with Gasteiger partial charge in [0.25, 0.3) is 5.91 Å². The Morgan fingerprint density at radius 3 is 2.43 bits per heavy atom. The third-order valence-electron chi connectivity index (χ3n) is 8.46. The van der Waals surface area contributed by atoms with Crippen molar-refractivity contribution in [3.8, 4) is 22.6 Å². The Bertz CT molecular complexity index is 1690. The van der Waals surface area contributed by atoms with Crippen LogP contribution in [0.5, 0.6) is 11.5 Å². The number of amides is 2. The zero-order valence-corrected chi connectivity index (χ0v) is 26.7. The molecule has 244 valence electrons. The number of benzene rings is 4. The van der Waals surface area contributed by atoms with Crippen LogP contribution in [0.2, 0.25) is 0 Å². The lowest BCUT2D eigenvalue weighted by atomic mass is 10.0. The van der Waals surface area contributed by atoms with Gasteiger partial charge in [0.15, 0.2) is 11.5 Å². The lowest BCUT2D eigenvalue weighted by molar-refractivity contribution is 0.0741. The first kappa shape index (κ1) is 31.9. The van der Waals surface area contributed by atoms with Crippen LogP contribution in [0.4, 0.5) is 16.2 Å². The van der Waals surface area contributed by atoms with Crippen molar-refractivity contribution < 1.29 is 23.8 Å². The summed E-state index contributed by atoms with van der Waals surface area (Å²) in [4.78, 5) is 33.1. The first-order valence-electron chi connectivity index (χ1n) is 16.0. The van der Waals surface area contributed by atoms with E-state index in [1.165, 1.54) is 0 Å². The summed E-state index contributed by atoms with van der Waals surface area (Å²) in [6.07, 6.45) is 0.173. The normalized spacial score (nSPS) is 14.1. The molecule has 1 fully saturated rings. The second-order valence-corrected chi connectivity index (χ2v) is 11.8. The molecule has 2 amide bonds. The number of hydrogen-bond donors (Lipinski definition) is 2. The molecule has 0 aromatic heterocycles. The van der Waals surface area contributed by atoms with Gasteiger partial charge in [-0.3, -0.25) is 10.1 Å². The van der Waals surface area contributed by atoms with Gasteiger partial charge in [0.05, 0.1) is 11.4 Å². The van der Waals surface area contributed by atoms with Crippen molar-refractivity contribution in [2.24, 2.45) is 5.73 Å². The number of carbonyl (C=O) groups is 2. The molecule has 0 bridgehead atoms. The highest BCUT2D eigenvalue weighted by Gasteiger charge is 2.22. The van der Waals surface area contributed by atoms with E-state index in [9.17, 15) is 9.59 Å². The molecule has 1 saturated heterocycles. The van der Waals surface area contributed by atoms with E-state index in [4.69, 9.17) is 19.9 Å². The molecule has 0 spiro atoms. The molecule has 3 N–H and O–H groups in total. The van der Waals surface area contributed by atoms with Crippen LogP contribution in [0.15, 0.2) is 91.0 Å². The van der Waals surface area contributed by atoms with Crippen molar-refractivity contribution in [2.45, 2.75) is 19.6 Å². The van der Waals surface area contributed by atoms with E-state index in [0.29, 0.717) is 48.8 Å². The van der Waals surface area contributed by atoms with E-state index in [-0.39, 0.29) is 19.3 Å². The van der Waals surface area contributed by atoms with Gasteiger partial charge in [-0.05, 0) is 78.7 Å². The van der Waals surface area contributed by atoms with Gasteiger partial charge in [-0.15, -0.1) is 0 Å². The Labute approximate surface area is 275 Å². The standard InChI is InChI=1S/C37H41N5O5/c1-40-17-19-41(20-18-40)33-13-11-30(22-32(33)39-37(44)45-25-27-7-3-2-4-8-27)29-10-5-9-28(21-29)24-42(16-6-15-38)36(43)31-12-14-34-35(23-31)47-26-46-34/h2-5,7-14,21-23H,6,15-20,24-26,38H2,1H3,(H,39,44). The van der Waals surface area contributed by atoms with Gasteiger partial charge in [-0.2, -0.15) is 0 Å². The van der Waals surface area contributed by atoms with Crippen LogP contribution in [0.25, 0.3) is 11.1 Å². The molecular weight excluding hydrogens is 594 g/mol. The van der Waals surface area contributed by atoms with Crippen molar-refractivity contribution in [1.82, 2.24) is 9.80 Å². The zero-order chi connectivity index (χ0) is 32.6. The number of anilines is 2. The quantitative estimate of drug-likeness (QED) is 0.220. The van der Waals surface area contributed by atoms with E-state index in [1.807, 2.05) is 59.5 Å². The maximum atomic E-state index is 13.6.